The zero-order valence-corrected chi connectivity index (χ0v) is 19.3. The fourth-order valence-electron chi connectivity index (χ4n) is 4.40. The van der Waals surface area contributed by atoms with Crippen molar-refractivity contribution in [3.63, 3.8) is 0 Å². The van der Waals surface area contributed by atoms with Gasteiger partial charge in [-0.3, -0.25) is 4.90 Å². The summed E-state index contributed by atoms with van der Waals surface area (Å²) in [6, 6.07) is 13.8. The van der Waals surface area contributed by atoms with E-state index in [1.54, 1.807) is 24.1 Å². The van der Waals surface area contributed by atoms with Crippen LogP contribution in [0.2, 0.25) is 5.02 Å². The van der Waals surface area contributed by atoms with E-state index in [0.29, 0.717) is 23.5 Å². The molecule has 30 heavy (non-hydrogen) atoms. The number of halogens is 2. The van der Waals surface area contributed by atoms with Gasteiger partial charge in [-0.05, 0) is 79.8 Å². The quantitative estimate of drug-likeness (QED) is 0.582. The van der Waals surface area contributed by atoms with Crippen LogP contribution in [-0.4, -0.2) is 38.4 Å². The molecule has 2 fully saturated rings. The Hall–Kier alpha value is -1.76. The zero-order valence-electron chi connectivity index (χ0n) is 16.9. The normalized spacial score (nSPS) is 24.0. The Morgan fingerprint density at radius 3 is 2.83 bits per heavy atom. The monoisotopic (exact) mass is 492 g/mol. The molecule has 0 aliphatic carbocycles. The summed E-state index contributed by atoms with van der Waals surface area (Å²) in [7, 11) is 1.70. The Morgan fingerprint density at radius 2 is 2.07 bits per heavy atom. The smallest absolute Gasteiger partial charge is 0.414 e. The number of piperidine rings is 1. The van der Waals surface area contributed by atoms with Crippen LogP contribution in [0.3, 0.4) is 0 Å². The third-order valence-corrected chi connectivity index (χ3v) is 6.95. The van der Waals surface area contributed by atoms with Crippen molar-refractivity contribution in [1.29, 1.82) is 0 Å². The van der Waals surface area contributed by atoms with Crippen LogP contribution in [0.25, 0.3) is 0 Å². The number of hydrogen-bond donors (Lipinski definition) is 1. The molecule has 4 rings (SSSR count). The van der Waals surface area contributed by atoms with Crippen molar-refractivity contribution < 1.29 is 14.3 Å². The van der Waals surface area contributed by atoms with E-state index < -0.39 is 0 Å². The second-order valence-corrected chi connectivity index (χ2v) is 9.32. The molecule has 2 aliphatic heterocycles. The van der Waals surface area contributed by atoms with Crippen molar-refractivity contribution in [3.05, 3.63) is 57.5 Å². The van der Waals surface area contributed by atoms with Gasteiger partial charge in [-0.15, -0.1) is 0 Å². The molecule has 2 aromatic carbocycles. The van der Waals surface area contributed by atoms with Gasteiger partial charge >= 0.3 is 6.09 Å². The molecule has 0 bridgehead atoms. The van der Waals surface area contributed by atoms with Crippen LogP contribution in [0.1, 0.15) is 24.8 Å². The Labute approximate surface area is 190 Å². The third kappa shape index (κ3) is 5.10. The van der Waals surface area contributed by atoms with Crippen molar-refractivity contribution in [2.45, 2.75) is 37.8 Å². The van der Waals surface area contributed by atoms with Crippen molar-refractivity contribution in [2.24, 2.45) is 5.92 Å². The van der Waals surface area contributed by atoms with Crippen molar-refractivity contribution >= 4 is 39.3 Å². The lowest BCUT2D eigenvalue weighted by atomic mass is 9.85. The van der Waals surface area contributed by atoms with E-state index in [4.69, 9.17) is 21.1 Å². The van der Waals surface area contributed by atoms with Crippen LogP contribution in [0.5, 0.6) is 5.75 Å². The second kappa shape index (κ2) is 9.58. The summed E-state index contributed by atoms with van der Waals surface area (Å²) >= 11 is 9.63. The van der Waals surface area contributed by atoms with Crippen LogP contribution >= 0.6 is 27.5 Å². The molecule has 160 valence electrons. The summed E-state index contributed by atoms with van der Waals surface area (Å²) in [5.74, 6) is 1.47. The van der Waals surface area contributed by atoms with E-state index in [9.17, 15) is 4.79 Å². The lowest BCUT2D eigenvalue weighted by Gasteiger charge is -2.31. The van der Waals surface area contributed by atoms with E-state index in [2.05, 4.69) is 33.4 Å². The van der Waals surface area contributed by atoms with E-state index in [1.165, 1.54) is 5.56 Å². The molecular weight excluding hydrogens is 468 g/mol. The summed E-state index contributed by atoms with van der Waals surface area (Å²) in [4.78, 5) is 14.0. The molecule has 1 amide bonds. The molecule has 7 heteroatoms. The van der Waals surface area contributed by atoms with Crippen LogP contribution < -0.4 is 15.0 Å². The summed E-state index contributed by atoms with van der Waals surface area (Å²) in [6.45, 7) is 1.56. The maximum atomic E-state index is 12.3. The minimum atomic E-state index is -0.282. The van der Waals surface area contributed by atoms with Crippen LogP contribution in [0.15, 0.2) is 46.9 Å². The van der Waals surface area contributed by atoms with E-state index in [-0.39, 0.29) is 12.2 Å². The first-order valence-electron chi connectivity index (χ1n) is 10.3. The Balaban J connectivity index is 1.34. The molecule has 3 unspecified atom stereocenters. The fourth-order valence-corrected chi connectivity index (χ4v) is 4.93. The average molecular weight is 494 g/mol. The number of cyclic esters (lactones) is 1. The first-order valence-corrected chi connectivity index (χ1v) is 11.5. The number of nitrogens with zero attached hydrogens (tertiary/aromatic N) is 1. The predicted octanol–water partition coefficient (Wildman–Crippen LogP) is 5.44. The molecule has 2 heterocycles. The molecule has 0 spiro atoms. The van der Waals surface area contributed by atoms with Crippen molar-refractivity contribution in [3.8, 4) is 5.75 Å². The number of methoxy groups -OCH3 is 1. The molecule has 2 aromatic rings. The zero-order chi connectivity index (χ0) is 21.1. The lowest BCUT2D eigenvalue weighted by Crippen LogP contribution is -2.41. The fraction of sp³-hybridized carbons (Fsp3) is 0.435. The number of benzene rings is 2. The lowest BCUT2D eigenvalue weighted by molar-refractivity contribution is 0.122. The van der Waals surface area contributed by atoms with Gasteiger partial charge in [0.05, 0.1) is 13.7 Å². The maximum Gasteiger partial charge on any atom is 0.414 e. The van der Waals surface area contributed by atoms with Gasteiger partial charge in [0.25, 0.3) is 0 Å². The first kappa shape index (κ1) is 21.5. The molecule has 3 atom stereocenters. The average Bonchev–Trinajstić information content (AvgIpc) is 3.10. The SMILES string of the molecule is COc1ccc(Br)c(CC2CCNC(CC3CN(c4ccc(Cl)cc4)C(=O)O3)C2)c1. The number of rotatable bonds is 6. The van der Waals surface area contributed by atoms with Gasteiger partial charge in [0, 0.05) is 27.6 Å². The largest absolute Gasteiger partial charge is 0.497 e. The molecule has 2 saturated heterocycles. The highest BCUT2D eigenvalue weighted by Crippen LogP contribution is 2.31. The number of ether oxygens (including phenoxy) is 2. The highest BCUT2D eigenvalue weighted by molar-refractivity contribution is 9.10. The first-order chi connectivity index (χ1) is 14.5. The molecule has 1 N–H and O–H groups in total. The number of nitrogens with one attached hydrogen (secondary N) is 1. The standard InChI is InChI=1S/C23H26BrClN2O3/c1-29-20-6-7-22(24)16(12-20)10-15-8-9-26-18(11-15)13-21-14-27(23(28)30-21)19-4-2-17(25)3-5-19/h2-7,12,15,18,21,26H,8-11,13-14H2,1H3. The Morgan fingerprint density at radius 1 is 1.27 bits per heavy atom. The summed E-state index contributed by atoms with van der Waals surface area (Å²) in [5, 5.41) is 4.27. The number of carbonyl (C=O) groups excluding carboxylic acids is 1. The number of carbonyl (C=O) groups is 1. The summed E-state index contributed by atoms with van der Waals surface area (Å²) < 4.78 is 12.2. The molecule has 0 saturated carbocycles. The predicted molar refractivity (Wildman–Crippen MR) is 123 cm³/mol. The molecule has 5 nitrogen and oxygen atoms in total. The minimum absolute atomic E-state index is 0.104. The van der Waals surface area contributed by atoms with Gasteiger partial charge in [-0.1, -0.05) is 27.5 Å². The summed E-state index contributed by atoms with van der Waals surface area (Å²) in [5.41, 5.74) is 2.10. The minimum Gasteiger partial charge on any atom is -0.497 e. The van der Waals surface area contributed by atoms with Crippen LogP contribution in [-0.2, 0) is 11.2 Å². The van der Waals surface area contributed by atoms with Crippen molar-refractivity contribution in [1.82, 2.24) is 5.32 Å². The maximum absolute atomic E-state index is 12.3. The van der Waals surface area contributed by atoms with E-state index in [0.717, 1.165) is 48.1 Å². The summed E-state index contributed by atoms with van der Waals surface area (Å²) in [6.07, 6.45) is 3.66. The molecule has 2 aliphatic rings. The van der Waals surface area contributed by atoms with Gasteiger partial charge in [0.1, 0.15) is 11.9 Å². The number of amides is 1. The van der Waals surface area contributed by atoms with Gasteiger partial charge in [0.15, 0.2) is 0 Å². The second-order valence-electron chi connectivity index (χ2n) is 8.03. The van der Waals surface area contributed by atoms with Gasteiger partial charge in [-0.25, -0.2) is 4.79 Å². The van der Waals surface area contributed by atoms with Crippen molar-refractivity contribution in [2.75, 3.05) is 25.1 Å². The molecular formula is C23H26BrClN2O3. The van der Waals surface area contributed by atoms with Crippen LogP contribution in [0, 0.1) is 5.92 Å². The highest BCUT2D eigenvalue weighted by Gasteiger charge is 2.35. The third-order valence-electron chi connectivity index (χ3n) is 5.92. The van der Waals surface area contributed by atoms with Crippen LogP contribution in [0.4, 0.5) is 10.5 Å². The Kier molecular flexibility index (Phi) is 6.86. The Bertz CT molecular complexity index is 893. The van der Waals surface area contributed by atoms with E-state index >= 15 is 0 Å². The molecule has 0 radical (unpaired) electrons. The van der Waals surface area contributed by atoms with E-state index in [1.807, 2.05) is 18.2 Å². The van der Waals surface area contributed by atoms with Gasteiger partial charge in [-0.2, -0.15) is 0 Å². The van der Waals surface area contributed by atoms with Gasteiger partial charge < -0.3 is 14.8 Å². The number of hydrogen-bond acceptors (Lipinski definition) is 4. The highest BCUT2D eigenvalue weighted by atomic mass is 79.9. The molecule has 0 aromatic heterocycles. The number of anilines is 1. The topological polar surface area (TPSA) is 50.8 Å². The van der Waals surface area contributed by atoms with Gasteiger partial charge in [0.2, 0.25) is 0 Å².